The number of amides is 1. The van der Waals surface area contributed by atoms with Gasteiger partial charge in [-0.15, -0.1) is 11.8 Å². The van der Waals surface area contributed by atoms with E-state index in [1.54, 1.807) is 11.8 Å². The normalized spacial score (nSPS) is 18.2. The average molecular weight is 300 g/mol. The summed E-state index contributed by atoms with van der Waals surface area (Å²) in [6.45, 7) is 0.761. The number of benzene rings is 1. The van der Waals surface area contributed by atoms with Crippen molar-refractivity contribution in [3.8, 4) is 0 Å². The van der Waals surface area contributed by atoms with E-state index in [0.29, 0.717) is 0 Å². The highest BCUT2D eigenvalue weighted by molar-refractivity contribution is 9.09. The molecule has 1 aliphatic heterocycles. The van der Waals surface area contributed by atoms with Gasteiger partial charge in [0.2, 0.25) is 5.91 Å². The Morgan fingerprint density at radius 2 is 2.31 bits per heavy atom. The first-order valence-electron chi connectivity index (χ1n) is 5.39. The van der Waals surface area contributed by atoms with E-state index in [1.807, 2.05) is 12.1 Å². The molecule has 0 aliphatic carbocycles. The average Bonchev–Trinajstić information content (AvgIpc) is 2.73. The number of nitrogens with one attached hydrogen (secondary N) is 1. The molecule has 1 unspecified atom stereocenters. The van der Waals surface area contributed by atoms with Crippen LogP contribution in [0.2, 0.25) is 0 Å². The molecule has 0 saturated heterocycles. The summed E-state index contributed by atoms with van der Waals surface area (Å²) in [6, 6.07) is 8.25. The second kappa shape index (κ2) is 5.73. The number of fused-ring (bicyclic) bond motifs is 1. The molecule has 1 aliphatic rings. The highest BCUT2D eigenvalue weighted by Gasteiger charge is 2.27. The third kappa shape index (κ3) is 2.80. The topological polar surface area (TPSA) is 29.1 Å². The van der Waals surface area contributed by atoms with Gasteiger partial charge in [-0.05, 0) is 24.5 Å². The first kappa shape index (κ1) is 12.0. The molecule has 1 aromatic carbocycles. The van der Waals surface area contributed by atoms with Crippen molar-refractivity contribution in [2.24, 2.45) is 0 Å². The number of thioether (sulfide) groups is 1. The third-order valence-corrected chi connectivity index (χ3v) is 4.43. The minimum atomic E-state index is 0.0627. The lowest BCUT2D eigenvalue weighted by Gasteiger charge is -2.08. The highest BCUT2D eigenvalue weighted by Crippen LogP contribution is 2.36. The van der Waals surface area contributed by atoms with Crippen LogP contribution in [0.1, 0.15) is 12.0 Å². The predicted molar refractivity (Wildman–Crippen MR) is 71.2 cm³/mol. The molecular weight excluding hydrogens is 286 g/mol. The largest absolute Gasteiger partial charge is 0.355 e. The van der Waals surface area contributed by atoms with E-state index in [-0.39, 0.29) is 11.2 Å². The molecule has 2 nitrogen and oxygen atoms in total. The fraction of sp³-hybridized carbons (Fsp3) is 0.417. The third-order valence-electron chi connectivity index (χ3n) is 2.55. The molecule has 1 heterocycles. The van der Waals surface area contributed by atoms with E-state index in [2.05, 4.69) is 33.4 Å². The number of hydrogen-bond donors (Lipinski definition) is 1. The van der Waals surface area contributed by atoms with Gasteiger partial charge in [-0.2, -0.15) is 0 Å². The molecule has 1 atom stereocenters. The smallest absolute Gasteiger partial charge is 0.233 e. The van der Waals surface area contributed by atoms with Crippen molar-refractivity contribution in [3.63, 3.8) is 0 Å². The van der Waals surface area contributed by atoms with E-state index >= 15 is 0 Å². The molecular formula is C12H14BrNOS. The van der Waals surface area contributed by atoms with Crippen LogP contribution in [0.3, 0.4) is 0 Å². The molecule has 86 valence electrons. The molecule has 0 aromatic heterocycles. The van der Waals surface area contributed by atoms with Gasteiger partial charge in [0.1, 0.15) is 0 Å². The Morgan fingerprint density at radius 1 is 1.50 bits per heavy atom. The number of carbonyl (C=O) groups excluding carboxylic acids is 1. The molecule has 2 rings (SSSR count). The summed E-state index contributed by atoms with van der Waals surface area (Å²) in [6.07, 6.45) is 1.84. The lowest BCUT2D eigenvalue weighted by atomic mass is 10.1. The van der Waals surface area contributed by atoms with Gasteiger partial charge in [0.05, 0.1) is 5.25 Å². The van der Waals surface area contributed by atoms with Crippen LogP contribution in [-0.2, 0) is 11.2 Å². The number of carbonyl (C=O) groups is 1. The summed E-state index contributed by atoms with van der Waals surface area (Å²) >= 11 is 5.03. The SMILES string of the molecule is O=C(NCCCBr)C1Cc2ccccc2S1. The van der Waals surface area contributed by atoms with Crippen LogP contribution in [-0.4, -0.2) is 23.0 Å². The Kier molecular flexibility index (Phi) is 4.29. The lowest BCUT2D eigenvalue weighted by molar-refractivity contribution is -0.120. The van der Waals surface area contributed by atoms with Crippen LogP contribution < -0.4 is 5.32 Å². The van der Waals surface area contributed by atoms with E-state index < -0.39 is 0 Å². The number of alkyl halides is 1. The van der Waals surface area contributed by atoms with Gasteiger partial charge in [0, 0.05) is 16.8 Å². The summed E-state index contributed by atoms with van der Waals surface area (Å²) in [7, 11) is 0. The zero-order valence-electron chi connectivity index (χ0n) is 8.91. The predicted octanol–water partition coefficient (Wildman–Crippen LogP) is 2.60. The summed E-state index contributed by atoms with van der Waals surface area (Å²) < 4.78 is 0. The molecule has 0 fully saturated rings. The van der Waals surface area contributed by atoms with Gasteiger partial charge in [0.25, 0.3) is 0 Å². The molecule has 0 spiro atoms. The first-order valence-corrected chi connectivity index (χ1v) is 7.39. The van der Waals surface area contributed by atoms with Crippen molar-refractivity contribution in [1.29, 1.82) is 0 Å². The minimum absolute atomic E-state index is 0.0627. The molecule has 16 heavy (non-hydrogen) atoms. The minimum Gasteiger partial charge on any atom is -0.355 e. The monoisotopic (exact) mass is 299 g/mol. The quantitative estimate of drug-likeness (QED) is 0.684. The van der Waals surface area contributed by atoms with Gasteiger partial charge in [-0.1, -0.05) is 34.1 Å². The zero-order chi connectivity index (χ0) is 11.4. The molecule has 1 amide bonds. The molecule has 1 N–H and O–H groups in total. The van der Waals surface area contributed by atoms with Gasteiger partial charge >= 0.3 is 0 Å². The lowest BCUT2D eigenvalue weighted by Crippen LogP contribution is -2.33. The maximum atomic E-state index is 11.8. The standard InChI is InChI=1S/C12H14BrNOS/c13-6-3-7-14-12(15)11-8-9-4-1-2-5-10(9)16-11/h1-2,4-5,11H,3,6-8H2,(H,14,15). The number of halogens is 1. The molecule has 4 heteroatoms. The van der Waals surface area contributed by atoms with Crippen LogP contribution in [0, 0.1) is 0 Å². The maximum Gasteiger partial charge on any atom is 0.233 e. The van der Waals surface area contributed by atoms with Crippen LogP contribution in [0.15, 0.2) is 29.2 Å². The number of rotatable bonds is 4. The van der Waals surface area contributed by atoms with Crippen molar-refractivity contribution < 1.29 is 4.79 Å². The fourth-order valence-electron chi connectivity index (χ4n) is 1.72. The van der Waals surface area contributed by atoms with E-state index in [1.165, 1.54) is 10.5 Å². The van der Waals surface area contributed by atoms with Crippen LogP contribution in [0.4, 0.5) is 0 Å². The zero-order valence-corrected chi connectivity index (χ0v) is 11.3. The van der Waals surface area contributed by atoms with E-state index in [9.17, 15) is 4.79 Å². The first-order chi connectivity index (χ1) is 7.81. The van der Waals surface area contributed by atoms with Crippen LogP contribution >= 0.6 is 27.7 Å². The van der Waals surface area contributed by atoms with Gasteiger partial charge in [-0.3, -0.25) is 4.79 Å². The summed E-state index contributed by atoms with van der Waals surface area (Å²) in [5.41, 5.74) is 1.30. The summed E-state index contributed by atoms with van der Waals surface area (Å²) in [4.78, 5) is 13.1. The number of hydrogen-bond acceptors (Lipinski definition) is 2. The van der Waals surface area contributed by atoms with Crippen molar-refractivity contribution in [2.45, 2.75) is 23.0 Å². The van der Waals surface area contributed by atoms with Crippen LogP contribution in [0.25, 0.3) is 0 Å². The van der Waals surface area contributed by atoms with Crippen molar-refractivity contribution in [2.75, 3.05) is 11.9 Å². The van der Waals surface area contributed by atoms with Crippen molar-refractivity contribution >= 4 is 33.6 Å². The van der Waals surface area contributed by atoms with Crippen molar-refractivity contribution in [1.82, 2.24) is 5.32 Å². The maximum absolute atomic E-state index is 11.8. The Bertz CT molecular complexity index is 358. The summed E-state index contributed by atoms with van der Waals surface area (Å²) in [5.74, 6) is 0.169. The fourth-order valence-corrected chi connectivity index (χ4v) is 3.22. The Hall–Kier alpha value is -0.480. The Morgan fingerprint density at radius 3 is 3.06 bits per heavy atom. The molecule has 1 aromatic rings. The van der Waals surface area contributed by atoms with E-state index in [4.69, 9.17) is 0 Å². The Balaban J connectivity index is 1.88. The second-order valence-corrected chi connectivity index (χ2v) is 5.79. The highest BCUT2D eigenvalue weighted by atomic mass is 79.9. The van der Waals surface area contributed by atoms with Crippen LogP contribution in [0.5, 0.6) is 0 Å². The van der Waals surface area contributed by atoms with E-state index in [0.717, 1.165) is 24.7 Å². The van der Waals surface area contributed by atoms with Gasteiger partial charge in [-0.25, -0.2) is 0 Å². The van der Waals surface area contributed by atoms with Gasteiger partial charge < -0.3 is 5.32 Å². The van der Waals surface area contributed by atoms with Gasteiger partial charge in [0.15, 0.2) is 0 Å². The van der Waals surface area contributed by atoms with Crippen molar-refractivity contribution in [3.05, 3.63) is 29.8 Å². The molecule has 0 radical (unpaired) electrons. The second-order valence-electron chi connectivity index (χ2n) is 3.75. The Labute approximate surface area is 108 Å². The molecule has 0 saturated carbocycles. The summed E-state index contributed by atoms with van der Waals surface area (Å²) in [5, 5.41) is 3.97. The molecule has 0 bridgehead atoms.